The van der Waals surface area contributed by atoms with E-state index in [0.717, 1.165) is 11.0 Å². The van der Waals surface area contributed by atoms with E-state index in [0.29, 0.717) is 6.54 Å². The zero-order valence-electron chi connectivity index (χ0n) is 10.4. The number of aromatic nitrogens is 2. The van der Waals surface area contributed by atoms with Gasteiger partial charge in [-0.05, 0) is 6.92 Å². The van der Waals surface area contributed by atoms with Crippen LogP contribution in [0.1, 0.15) is 33.5 Å². The first-order valence-corrected chi connectivity index (χ1v) is 7.60. The molecule has 0 saturated heterocycles. The van der Waals surface area contributed by atoms with Gasteiger partial charge in [0.1, 0.15) is 5.82 Å². The van der Waals surface area contributed by atoms with Gasteiger partial charge in [-0.2, -0.15) is 4.37 Å². The van der Waals surface area contributed by atoms with Crippen molar-refractivity contribution in [2.24, 2.45) is 0 Å². The van der Waals surface area contributed by atoms with Crippen LogP contribution < -0.4 is 5.32 Å². The highest BCUT2D eigenvalue weighted by Crippen LogP contribution is 2.22. The van der Waals surface area contributed by atoms with Crippen LogP contribution in [0.5, 0.6) is 0 Å². The molecule has 0 saturated carbocycles. The third kappa shape index (κ3) is 3.83. The Bertz CT molecular complexity index is 370. The van der Waals surface area contributed by atoms with Gasteiger partial charge in [0.15, 0.2) is 0 Å². The second kappa shape index (κ2) is 5.23. The van der Waals surface area contributed by atoms with Crippen LogP contribution in [0.3, 0.4) is 0 Å². The molecule has 4 nitrogen and oxygen atoms in total. The molecule has 0 spiro atoms. The molecule has 1 heterocycles. The summed E-state index contributed by atoms with van der Waals surface area (Å²) in [6, 6.07) is 0. The van der Waals surface area contributed by atoms with Crippen molar-refractivity contribution >= 4 is 27.5 Å². The zero-order valence-corrected chi connectivity index (χ0v) is 12.0. The molecule has 92 valence electrons. The van der Waals surface area contributed by atoms with Crippen molar-refractivity contribution in [2.75, 3.05) is 18.1 Å². The highest BCUT2D eigenvalue weighted by molar-refractivity contribution is 7.84. The number of rotatable bonds is 4. The summed E-state index contributed by atoms with van der Waals surface area (Å²) in [6.07, 6.45) is 1.72. The third-order valence-corrected chi connectivity index (χ3v) is 4.18. The lowest BCUT2D eigenvalue weighted by atomic mass is 9.96. The molecule has 0 aliphatic carbocycles. The van der Waals surface area contributed by atoms with E-state index in [9.17, 15) is 4.21 Å². The molecule has 6 heteroatoms. The van der Waals surface area contributed by atoms with Gasteiger partial charge in [-0.25, -0.2) is 4.98 Å². The number of anilines is 1. The molecule has 1 aromatic heterocycles. The molecule has 0 bridgehead atoms. The minimum atomic E-state index is -0.800. The summed E-state index contributed by atoms with van der Waals surface area (Å²) < 4.78 is 15.5. The van der Waals surface area contributed by atoms with Gasteiger partial charge in [0.05, 0.1) is 0 Å². The summed E-state index contributed by atoms with van der Waals surface area (Å²) in [5.74, 6) is 0.852. The van der Waals surface area contributed by atoms with Gasteiger partial charge in [-0.3, -0.25) is 4.21 Å². The normalized spacial score (nSPS) is 15.8. The maximum Gasteiger partial charge on any atom is 0.202 e. The largest absolute Gasteiger partial charge is 0.359 e. The lowest BCUT2D eigenvalue weighted by molar-refractivity contribution is 0.555. The third-order valence-electron chi connectivity index (χ3n) is 2.20. The summed E-state index contributed by atoms with van der Waals surface area (Å²) in [5.41, 5.74) is -0.0182. The molecule has 1 N–H and O–H groups in total. The van der Waals surface area contributed by atoms with Gasteiger partial charge in [0, 0.05) is 45.8 Å². The van der Waals surface area contributed by atoms with Crippen LogP contribution in [0.25, 0.3) is 0 Å². The molecule has 1 aromatic rings. The molecule has 0 aliphatic rings. The van der Waals surface area contributed by atoms with Crippen LogP contribution in [0.2, 0.25) is 0 Å². The summed E-state index contributed by atoms with van der Waals surface area (Å²) >= 11 is 1.36. The zero-order chi connectivity index (χ0) is 12.3. The lowest BCUT2D eigenvalue weighted by Crippen LogP contribution is -2.20. The standard InChI is InChI=1S/C10H19N3OS2/c1-7(16(5)14)6-11-9-12-8(13-15-9)10(2,3)4/h7H,6H2,1-5H3,(H,11,12,13). The minimum Gasteiger partial charge on any atom is -0.359 e. The second-order valence-electron chi connectivity index (χ2n) is 4.86. The lowest BCUT2D eigenvalue weighted by Gasteiger charge is -2.12. The van der Waals surface area contributed by atoms with E-state index >= 15 is 0 Å². The highest BCUT2D eigenvalue weighted by Gasteiger charge is 2.19. The van der Waals surface area contributed by atoms with Crippen molar-refractivity contribution < 1.29 is 4.21 Å². The maximum absolute atomic E-state index is 11.2. The monoisotopic (exact) mass is 261 g/mol. The van der Waals surface area contributed by atoms with Crippen LogP contribution in [0.15, 0.2) is 0 Å². The average molecular weight is 261 g/mol. The van der Waals surface area contributed by atoms with E-state index in [1.54, 1.807) is 6.26 Å². The molecule has 16 heavy (non-hydrogen) atoms. The Labute approximate surface area is 103 Å². The van der Waals surface area contributed by atoms with E-state index in [2.05, 4.69) is 35.4 Å². The van der Waals surface area contributed by atoms with E-state index in [1.165, 1.54) is 11.5 Å². The fourth-order valence-corrected chi connectivity index (χ4v) is 2.03. The topological polar surface area (TPSA) is 54.9 Å². The summed E-state index contributed by atoms with van der Waals surface area (Å²) in [6.45, 7) is 8.88. The Morgan fingerprint density at radius 1 is 1.50 bits per heavy atom. The molecular weight excluding hydrogens is 242 g/mol. The molecule has 2 atom stereocenters. The van der Waals surface area contributed by atoms with Crippen LogP contribution in [-0.4, -0.2) is 31.6 Å². The number of hydrogen-bond acceptors (Lipinski definition) is 5. The Morgan fingerprint density at radius 3 is 2.56 bits per heavy atom. The molecule has 0 aliphatic heterocycles. The van der Waals surface area contributed by atoms with Gasteiger partial charge in [-0.15, -0.1) is 0 Å². The van der Waals surface area contributed by atoms with Crippen LogP contribution in [0.4, 0.5) is 5.13 Å². The van der Waals surface area contributed by atoms with Crippen molar-refractivity contribution in [1.82, 2.24) is 9.36 Å². The average Bonchev–Trinajstić information content (AvgIpc) is 2.61. The predicted molar refractivity (Wildman–Crippen MR) is 70.6 cm³/mol. The molecule has 2 unspecified atom stereocenters. The Morgan fingerprint density at radius 2 is 2.12 bits per heavy atom. The van der Waals surface area contributed by atoms with E-state index < -0.39 is 10.8 Å². The number of hydrogen-bond donors (Lipinski definition) is 1. The molecule has 0 radical (unpaired) electrons. The van der Waals surface area contributed by atoms with Crippen LogP contribution >= 0.6 is 11.5 Å². The van der Waals surface area contributed by atoms with Crippen molar-refractivity contribution in [2.45, 2.75) is 38.4 Å². The molecular formula is C10H19N3OS2. The van der Waals surface area contributed by atoms with Gasteiger partial charge in [-0.1, -0.05) is 20.8 Å². The SMILES string of the molecule is CC(CNc1nc(C(C)(C)C)ns1)S(C)=O. The summed E-state index contributed by atoms with van der Waals surface area (Å²) in [4.78, 5) is 4.41. The number of nitrogens with zero attached hydrogens (tertiary/aromatic N) is 2. The van der Waals surface area contributed by atoms with Gasteiger partial charge >= 0.3 is 0 Å². The van der Waals surface area contributed by atoms with Gasteiger partial charge < -0.3 is 5.32 Å². The van der Waals surface area contributed by atoms with Crippen molar-refractivity contribution in [3.8, 4) is 0 Å². The first-order valence-electron chi connectivity index (χ1n) is 5.21. The summed E-state index contributed by atoms with van der Waals surface area (Å²) in [5, 5.41) is 4.10. The molecule has 0 fully saturated rings. The van der Waals surface area contributed by atoms with E-state index in [-0.39, 0.29) is 10.7 Å². The van der Waals surface area contributed by atoms with Crippen LogP contribution in [-0.2, 0) is 16.2 Å². The molecule has 1 rings (SSSR count). The first-order chi connectivity index (χ1) is 7.30. The fraction of sp³-hybridized carbons (Fsp3) is 0.800. The van der Waals surface area contributed by atoms with Crippen molar-refractivity contribution in [3.05, 3.63) is 5.82 Å². The van der Waals surface area contributed by atoms with Crippen molar-refractivity contribution in [1.29, 1.82) is 0 Å². The second-order valence-corrected chi connectivity index (χ2v) is 7.42. The predicted octanol–water partition coefficient (Wildman–Crippen LogP) is 2.01. The minimum absolute atomic E-state index is 0.0182. The Balaban J connectivity index is 2.57. The van der Waals surface area contributed by atoms with Crippen LogP contribution in [0, 0.1) is 0 Å². The first kappa shape index (κ1) is 13.6. The molecule has 0 aromatic carbocycles. The number of nitrogens with one attached hydrogen (secondary N) is 1. The maximum atomic E-state index is 11.2. The summed E-state index contributed by atoms with van der Waals surface area (Å²) in [7, 11) is -0.800. The Hall–Kier alpha value is -0.490. The van der Waals surface area contributed by atoms with E-state index in [4.69, 9.17) is 0 Å². The molecule has 0 amide bonds. The van der Waals surface area contributed by atoms with Gasteiger partial charge in [0.25, 0.3) is 0 Å². The fourth-order valence-electron chi connectivity index (χ4n) is 0.948. The van der Waals surface area contributed by atoms with Crippen molar-refractivity contribution in [3.63, 3.8) is 0 Å². The Kier molecular flexibility index (Phi) is 4.43. The quantitative estimate of drug-likeness (QED) is 0.901. The van der Waals surface area contributed by atoms with Gasteiger partial charge in [0.2, 0.25) is 5.13 Å². The van der Waals surface area contributed by atoms with E-state index in [1.807, 2.05) is 6.92 Å². The smallest absolute Gasteiger partial charge is 0.202 e. The highest BCUT2D eigenvalue weighted by atomic mass is 32.2.